The first-order valence-corrected chi connectivity index (χ1v) is 3.02. The van der Waals surface area contributed by atoms with Crippen LogP contribution in [0, 0.1) is 0 Å². The molecule has 0 aromatic rings. The molecule has 0 saturated carbocycles. The van der Waals surface area contributed by atoms with Gasteiger partial charge in [0.1, 0.15) is 5.78 Å². The molecular weight excluding hydrogens is 134 g/mol. The largest absolute Gasteiger partial charge is 0.465 e. The summed E-state index contributed by atoms with van der Waals surface area (Å²) in [5, 5.41) is 0. The molecular formula is C6H11NO3. The Morgan fingerprint density at radius 3 is 2.50 bits per heavy atom. The molecule has 10 heavy (non-hydrogen) atoms. The van der Waals surface area contributed by atoms with Crippen LogP contribution in [0.1, 0.15) is 13.3 Å². The van der Waals surface area contributed by atoms with Gasteiger partial charge in [0.2, 0.25) is 0 Å². The first kappa shape index (κ1) is 9.10. The third-order valence-electron chi connectivity index (χ3n) is 0.914. The predicted molar refractivity (Wildman–Crippen MR) is 35.3 cm³/mol. The second kappa shape index (κ2) is 4.93. The van der Waals surface area contributed by atoms with E-state index in [1.807, 2.05) is 0 Å². The van der Waals surface area contributed by atoms with Gasteiger partial charge >= 0.3 is 5.97 Å². The SMILES string of the molecule is CC(=O)OCCC(=O)CN. The molecule has 0 atom stereocenters. The van der Waals surface area contributed by atoms with Crippen molar-refractivity contribution >= 4 is 11.8 Å². The highest BCUT2D eigenvalue weighted by molar-refractivity contribution is 5.80. The van der Waals surface area contributed by atoms with Crippen molar-refractivity contribution in [2.75, 3.05) is 13.2 Å². The number of carbonyl (C=O) groups excluding carboxylic acids is 2. The van der Waals surface area contributed by atoms with Gasteiger partial charge < -0.3 is 10.5 Å². The minimum Gasteiger partial charge on any atom is -0.465 e. The molecule has 0 fully saturated rings. The van der Waals surface area contributed by atoms with Gasteiger partial charge in [-0.25, -0.2) is 0 Å². The van der Waals surface area contributed by atoms with Crippen LogP contribution in [0.4, 0.5) is 0 Å². The lowest BCUT2D eigenvalue weighted by molar-refractivity contribution is -0.141. The van der Waals surface area contributed by atoms with Gasteiger partial charge in [-0.15, -0.1) is 0 Å². The Kier molecular flexibility index (Phi) is 4.49. The molecule has 0 rings (SSSR count). The molecule has 0 aliphatic heterocycles. The van der Waals surface area contributed by atoms with E-state index in [1.54, 1.807) is 0 Å². The molecule has 0 aromatic carbocycles. The van der Waals surface area contributed by atoms with Crippen molar-refractivity contribution in [2.24, 2.45) is 5.73 Å². The summed E-state index contributed by atoms with van der Waals surface area (Å²) in [6.45, 7) is 1.46. The predicted octanol–water partition coefficient (Wildman–Crippen LogP) is -0.533. The lowest BCUT2D eigenvalue weighted by Gasteiger charge is -1.98. The fourth-order valence-electron chi connectivity index (χ4n) is 0.411. The molecule has 0 spiro atoms. The summed E-state index contributed by atoms with van der Waals surface area (Å²) in [7, 11) is 0. The van der Waals surface area contributed by atoms with Gasteiger partial charge in [-0.1, -0.05) is 0 Å². The molecule has 2 N–H and O–H groups in total. The fourth-order valence-corrected chi connectivity index (χ4v) is 0.411. The van der Waals surface area contributed by atoms with Gasteiger partial charge in [0.15, 0.2) is 0 Å². The van der Waals surface area contributed by atoms with Crippen molar-refractivity contribution in [2.45, 2.75) is 13.3 Å². The summed E-state index contributed by atoms with van der Waals surface area (Å²) in [6.07, 6.45) is 0.218. The van der Waals surface area contributed by atoms with Crippen molar-refractivity contribution in [1.82, 2.24) is 0 Å². The second-order valence-electron chi connectivity index (χ2n) is 1.83. The Balaban J connectivity index is 3.20. The molecule has 0 unspecified atom stereocenters. The monoisotopic (exact) mass is 145 g/mol. The summed E-state index contributed by atoms with van der Waals surface area (Å²) in [5.74, 6) is -0.467. The van der Waals surface area contributed by atoms with E-state index in [0.717, 1.165) is 0 Å². The Labute approximate surface area is 59.3 Å². The van der Waals surface area contributed by atoms with Crippen LogP contribution in [0.25, 0.3) is 0 Å². The highest BCUT2D eigenvalue weighted by Crippen LogP contribution is 1.83. The molecule has 58 valence electrons. The van der Waals surface area contributed by atoms with Crippen LogP contribution in [0.15, 0.2) is 0 Å². The maximum Gasteiger partial charge on any atom is 0.302 e. The summed E-state index contributed by atoms with van der Waals surface area (Å²) >= 11 is 0. The second-order valence-corrected chi connectivity index (χ2v) is 1.83. The van der Waals surface area contributed by atoms with E-state index in [0.29, 0.717) is 0 Å². The smallest absolute Gasteiger partial charge is 0.302 e. The van der Waals surface area contributed by atoms with Crippen LogP contribution >= 0.6 is 0 Å². The zero-order valence-corrected chi connectivity index (χ0v) is 5.92. The molecule has 4 heteroatoms. The van der Waals surface area contributed by atoms with Crippen molar-refractivity contribution in [3.05, 3.63) is 0 Å². The quantitative estimate of drug-likeness (QED) is 0.540. The number of Topliss-reactive ketones (excluding diaryl/α,β-unsaturated/α-hetero) is 1. The number of ketones is 1. The molecule has 0 aromatic heterocycles. The van der Waals surface area contributed by atoms with Gasteiger partial charge in [0.25, 0.3) is 0 Å². The molecule has 0 radical (unpaired) electrons. The van der Waals surface area contributed by atoms with Crippen molar-refractivity contribution in [3.63, 3.8) is 0 Å². The van der Waals surface area contributed by atoms with Crippen molar-refractivity contribution in [3.8, 4) is 0 Å². The number of rotatable bonds is 4. The van der Waals surface area contributed by atoms with Crippen LogP contribution in [-0.4, -0.2) is 24.9 Å². The summed E-state index contributed by atoms with van der Waals surface area (Å²) < 4.78 is 4.50. The summed E-state index contributed by atoms with van der Waals surface area (Å²) in [4.78, 5) is 20.6. The highest BCUT2D eigenvalue weighted by Gasteiger charge is 1.98. The number of hydrogen-bond donors (Lipinski definition) is 1. The first-order chi connectivity index (χ1) is 4.66. The van der Waals surface area contributed by atoms with Crippen molar-refractivity contribution in [1.29, 1.82) is 0 Å². The molecule has 0 heterocycles. The number of carbonyl (C=O) groups is 2. The third-order valence-corrected chi connectivity index (χ3v) is 0.914. The van der Waals surface area contributed by atoms with Crippen LogP contribution in [0.5, 0.6) is 0 Å². The number of ether oxygens (including phenoxy) is 1. The normalized spacial score (nSPS) is 9.00. The van der Waals surface area contributed by atoms with Crippen LogP contribution in [-0.2, 0) is 14.3 Å². The third kappa shape index (κ3) is 5.24. The van der Waals surface area contributed by atoms with Crippen LogP contribution in [0.3, 0.4) is 0 Å². The lowest BCUT2D eigenvalue weighted by atomic mass is 10.3. The van der Waals surface area contributed by atoms with Gasteiger partial charge in [-0.3, -0.25) is 9.59 Å². The van der Waals surface area contributed by atoms with Crippen LogP contribution < -0.4 is 5.73 Å². The zero-order chi connectivity index (χ0) is 7.98. The molecule has 4 nitrogen and oxygen atoms in total. The van der Waals surface area contributed by atoms with E-state index in [-0.39, 0.29) is 31.3 Å². The van der Waals surface area contributed by atoms with E-state index < -0.39 is 0 Å². The Morgan fingerprint density at radius 2 is 2.10 bits per heavy atom. The van der Waals surface area contributed by atoms with Crippen LogP contribution in [0.2, 0.25) is 0 Å². The summed E-state index contributed by atoms with van der Waals surface area (Å²) in [5.41, 5.74) is 5.00. The average molecular weight is 145 g/mol. The van der Waals surface area contributed by atoms with E-state index in [4.69, 9.17) is 5.73 Å². The van der Waals surface area contributed by atoms with E-state index in [2.05, 4.69) is 4.74 Å². The van der Waals surface area contributed by atoms with Crippen molar-refractivity contribution < 1.29 is 14.3 Å². The number of hydrogen-bond acceptors (Lipinski definition) is 4. The molecule has 0 bridgehead atoms. The minimum absolute atomic E-state index is 0.0151. The molecule has 0 amide bonds. The Morgan fingerprint density at radius 1 is 1.50 bits per heavy atom. The lowest BCUT2D eigenvalue weighted by Crippen LogP contribution is -2.16. The molecule has 0 saturated heterocycles. The van der Waals surface area contributed by atoms with E-state index in [1.165, 1.54) is 6.92 Å². The van der Waals surface area contributed by atoms with E-state index >= 15 is 0 Å². The van der Waals surface area contributed by atoms with Gasteiger partial charge in [0.05, 0.1) is 13.2 Å². The number of esters is 1. The standard InChI is InChI=1S/C6H11NO3/c1-5(8)10-3-2-6(9)4-7/h2-4,7H2,1H3. The Hall–Kier alpha value is -0.900. The number of nitrogens with two attached hydrogens (primary N) is 1. The fraction of sp³-hybridized carbons (Fsp3) is 0.667. The topological polar surface area (TPSA) is 69.4 Å². The molecule has 0 aliphatic carbocycles. The first-order valence-electron chi connectivity index (χ1n) is 3.02. The van der Waals surface area contributed by atoms with Gasteiger partial charge in [-0.2, -0.15) is 0 Å². The summed E-state index contributed by atoms with van der Waals surface area (Å²) in [6, 6.07) is 0. The highest BCUT2D eigenvalue weighted by atomic mass is 16.5. The van der Waals surface area contributed by atoms with E-state index in [9.17, 15) is 9.59 Å². The minimum atomic E-state index is -0.371. The maximum atomic E-state index is 10.5. The van der Waals surface area contributed by atoms with Gasteiger partial charge in [0, 0.05) is 13.3 Å². The molecule has 0 aliphatic rings. The maximum absolute atomic E-state index is 10.5. The average Bonchev–Trinajstić information content (AvgIpc) is 1.87. The van der Waals surface area contributed by atoms with Gasteiger partial charge in [-0.05, 0) is 0 Å². The Bertz CT molecular complexity index is 133. The zero-order valence-electron chi connectivity index (χ0n) is 5.92.